The van der Waals surface area contributed by atoms with Crippen molar-refractivity contribution in [3.63, 3.8) is 0 Å². The highest BCUT2D eigenvalue weighted by atomic mass is 35.5. The van der Waals surface area contributed by atoms with E-state index in [2.05, 4.69) is 10.2 Å². The molecule has 1 aromatic carbocycles. The van der Waals surface area contributed by atoms with Crippen LogP contribution < -0.4 is 15.0 Å². The Kier molecular flexibility index (Phi) is 8.71. The SMILES string of the molecule is COc1cc(F)ccc1N1CCN(C(=O)C2CNCCO2)CC1.Cl.Cl. The molecular weight excluding hydrogens is 372 g/mol. The Morgan fingerprint density at radius 1 is 1.28 bits per heavy atom. The standard InChI is InChI=1S/C16H22FN3O3.2ClH/c1-22-14-10-12(17)2-3-13(14)19-5-7-20(8-6-19)16(21)15-11-18-4-9-23-15;;/h2-3,10,15,18H,4-9,11H2,1H3;2*1H. The van der Waals surface area contributed by atoms with Gasteiger partial charge in [-0.1, -0.05) is 0 Å². The first kappa shape index (κ1) is 21.8. The second kappa shape index (κ2) is 10.0. The number of amides is 1. The molecule has 2 aliphatic heterocycles. The molecule has 1 amide bonds. The topological polar surface area (TPSA) is 54.0 Å². The fourth-order valence-electron chi connectivity index (χ4n) is 3.01. The van der Waals surface area contributed by atoms with E-state index in [1.54, 1.807) is 6.07 Å². The lowest BCUT2D eigenvalue weighted by atomic mass is 10.2. The lowest BCUT2D eigenvalue weighted by Gasteiger charge is -2.38. The summed E-state index contributed by atoms with van der Waals surface area (Å²) in [4.78, 5) is 16.4. The van der Waals surface area contributed by atoms with E-state index in [-0.39, 0.29) is 42.6 Å². The molecule has 9 heteroatoms. The minimum atomic E-state index is -0.379. The number of carbonyl (C=O) groups is 1. The normalized spacial score (nSPS) is 20.3. The first-order chi connectivity index (χ1) is 11.2. The molecule has 2 aliphatic rings. The number of anilines is 1. The smallest absolute Gasteiger partial charge is 0.253 e. The zero-order valence-corrected chi connectivity index (χ0v) is 15.7. The summed E-state index contributed by atoms with van der Waals surface area (Å²) in [5.41, 5.74) is 0.858. The Morgan fingerprint density at radius 3 is 2.60 bits per heavy atom. The molecule has 3 rings (SSSR count). The van der Waals surface area contributed by atoms with Crippen LogP contribution in [0.4, 0.5) is 10.1 Å². The van der Waals surface area contributed by atoms with E-state index in [1.807, 2.05) is 4.90 Å². The van der Waals surface area contributed by atoms with Crippen molar-refractivity contribution in [2.24, 2.45) is 0 Å². The van der Waals surface area contributed by atoms with Crippen molar-refractivity contribution in [3.05, 3.63) is 24.0 Å². The molecule has 0 aromatic heterocycles. The highest BCUT2D eigenvalue weighted by molar-refractivity contribution is 5.85. The van der Waals surface area contributed by atoms with Crippen LogP contribution in [-0.2, 0) is 9.53 Å². The number of hydrogen-bond acceptors (Lipinski definition) is 5. The third kappa shape index (κ3) is 5.10. The van der Waals surface area contributed by atoms with Crippen LogP contribution in [0.5, 0.6) is 5.75 Å². The number of nitrogens with one attached hydrogen (secondary N) is 1. The molecule has 0 saturated carbocycles. The predicted molar refractivity (Wildman–Crippen MR) is 98.9 cm³/mol. The Balaban J connectivity index is 0.00000156. The van der Waals surface area contributed by atoms with Crippen LogP contribution in [0.15, 0.2) is 18.2 Å². The largest absolute Gasteiger partial charge is 0.494 e. The summed E-state index contributed by atoms with van der Waals surface area (Å²) in [5.74, 6) is 0.244. The molecule has 2 saturated heterocycles. The van der Waals surface area contributed by atoms with Gasteiger partial charge in [0.15, 0.2) is 0 Å². The monoisotopic (exact) mass is 395 g/mol. The van der Waals surface area contributed by atoms with E-state index < -0.39 is 0 Å². The summed E-state index contributed by atoms with van der Waals surface area (Å²) in [6.45, 7) is 4.57. The number of methoxy groups -OCH3 is 1. The maximum Gasteiger partial charge on any atom is 0.253 e. The maximum absolute atomic E-state index is 13.3. The van der Waals surface area contributed by atoms with E-state index in [9.17, 15) is 9.18 Å². The van der Waals surface area contributed by atoms with Gasteiger partial charge in [0.1, 0.15) is 17.7 Å². The Bertz CT molecular complexity index is 566. The lowest BCUT2D eigenvalue weighted by Crippen LogP contribution is -2.55. The summed E-state index contributed by atoms with van der Waals surface area (Å²) >= 11 is 0. The highest BCUT2D eigenvalue weighted by Gasteiger charge is 2.29. The number of halogens is 3. The van der Waals surface area contributed by atoms with Crippen LogP contribution in [-0.4, -0.2) is 69.9 Å². The molecule has 2 fully saturated rings. The zero-order valence-electron chi connectivity index (χ0n) is 14.1. The number of carbonyl (C=O) groups excluding carboxylic acids is 1. The molecule has 0 radical (unpaired) electrons. The van der Waals surface area contributed by atoms with Gasteiger partial charge in [0, 0.05) is 45.3 Å². The van der Waals surface area contributed by atoms with Crippen molar-refractivity contribution < 1.29 is 18.7 Å². The van der Waals surface area contributed by atoms with E-state index in [1.165, 1.54) is 19.2 Å². The lowest BCUT2D eigenvalue weighted by molar-refractivity contribution is -0.145. The van der Waals surface area contributed by atoms with Crippen LogP contribution in [0.25, 0.3) is 0 Å². The van der Waals surface area contributed by atoms with Crippen molar-refractivity contribution in [3.8, 4) is 5.75 Å². The van der Waals surface area contributed by atoms with Gasteiger partial charge in [0.25, 0.3) is 5.91 Å². The number of nitrogens with zero attached hydrogens (tertiary/aromatic N) is 2. The summed E-state index contributed by atoms with van der Waals surface area (Å²) in [6, 6.07) is 4.53. The van der Waals surface area contributed by atoms with E-state index in [4.69, 9.17) is 9.47 Å². The molecule has 1 aromatic rings. The number of morpholine rings is 1. The van der Waals surface area contributed by atoms with Crippen LogP contribution in [0.2, 0.25) is 0 Å². The number of ether oxygens (including phenoxy) is 2. The van der Waals surface area contributed by atoms with Gasteiger partial charge in [-0.3, -0.25) is 4.79 Å². The Hall–Kier alpha value is -1.28. The molecular formula is C16H24Cl2FN3O3. The van der Waals surface area contributed by atoms with Gasteiger partial charge in [-0.15, -0.1) is 24.8 Å². The minimum absolute atomic E-state index is 0. The van der Waals surface area contributed by atoms with Gasteiger partial charge in [0.2, 0.25) is 0 Å². The van der Waals surface area contributed by atoms with E-state index in [0.29, 0.717) is 45.1 Å². The summed E-state index contributed by atoms with van der Waals surface area (Å²) in [5, 5.41) is 3.17. The summed E-state index contributed by atoms with van der Waals surface area (Å²) < 4.78 is 24.1. The molecule has 142 valence electrons. The number of hydrogen-bond donors (Lipinski definition) is 1. The van der Waals surface area contributed by atoms with Crippen LogP contribution >= 0.6 is 24.8 Å². The molecule has 2 heterocycles. The van der Waals surface area contributed by atoms with Gasteiger partial charge in [0.05, 0.1) is 19.4 Å². The van der Waals surface area contributed by atoms with Crippen molar-refractivity contribution in [2.75, 3.05) is 57.9 Å². The molecule has 25 heavy (non-hydrogen) atoms. The van der Waals surface area contributed by atoms with Gasteiger partial charge in [-0.2, -0.15) is 0 Å². The van der Waals surface area contributed by atoms with Crippen molar-refractivity contribution in [1.82, 2.24) is 10.2 Å². The fourth-order valence-corrected chi connectivity index (χ4v) is 3.01. The van der Waals surface area contributed by atoms with Crippen LogP contribution in [0.1, 0.15) is 0 Å². The van der Waals surface area contributed by atoms with Crippen molar-refractivity contribution in [1.29, 1.82) is 0 Å². The Morgan fingerprint density at radius 2 is 2.00 bits per heavy atom. The van der Waals surface area contributed by atoms with Gasteiger partial charge >= 0.3 is 0 Å². The molecule has 1 N–H and O–H groups in total. The highest BCUT2D eigenvalue weighted by Crippen LogP contribution is 2.29. The first-order valence-electron chi connectivity index (χ1n) is 7.88. The molecule has 0 bridgehead atoms. The molecule has 0 aliphatic carbocycles. The van der Waals surface area contributed by atoms with Crippen LogP contribution in [0.3, 0.4) is 0 Å². The molecule has 1 unspecified atom stereocenters. The average molecular weight is 396 g/mol. The summed E-state index contributed by atoms with van der Waals surface area (Å²) in [6.07, 6.45) is -0.379. The second-order valence-corrected chi connectivity index (χ2v) is 5.69. The quantitative estimate of drug-likeness (QED) is 0.836. The number of piperazine rings is 1. The molecule has 6 nitrogen and oxygen atoms in total. The molecule has 1 atom stereocenters. The van der Waals surface area contributed by atoms with E-state index >= 15 is 0 Å². The maximum atomic E-state index is 13.3. The minimum Gasteiger partial charge on any atom is -0.494 e. The van der Waals surface area contributed by atoms with Gasteiger partial charge in [-0.25, -0.2) is 4.39 Å². The number of rotatable bonds is 3. The van der Waals surface area contributed by atoms with Crippen molar-refractivity contribution in [2.45, 2.75) is 6.10 Å². The summed E-state index contributed by atoms with van der Waals surface area (Å²) in [7, 11) is 1.53. The predicted octanol–water partition coefficient (Wildman–Crippen LogP) is 1.31. The molecule has 0 spiro atoms. The third-order valence-electron chi connectivity index (χ3n) is 4.28. The number of benzene rings is 1. The van der Waals surface area contributed by atoms with Gasteiger partial charge < -0.3 is 24.6 Å². The van der Waals surface area contributed by atoms with Crippen molar-refractivity contribution >= 4 is 36.4 Å². The third-order valence-corrected chi connectivity index (χ3v) is 4.28. The average Bonchev–Trinajstić information content (AvgIpc) is 2.62. The Labute approximate surface area is 159 Å². The fraction of sp³-hybridized carbons (Fsp3) is 0.562. The zero-order chi connectivity index (χ0) is 16.2. The first-order valence-corrected chi connectivity index (χ1v) is 7.88. The van der Waals surface area contributed by atoms with E-state index in [0.717, 1.165) is 12.2 Å². The van der Waals surface area contributed by atoms with Gasteiger partial charge in [-0.05, 0) is 12.1 Å². The second-order valence-electron chi connectivity index (χ2n) is 5.69. The van der Waals surface area contributed by atoms with Crippen LogP contribution in [0, 0.1) is 5.82 Å².